The number of carbonyl (C=O) groups excluding carboxylic acids is 1. The average molecular weight is 393 g/mol. The zero-order valence-electron chi connectivity index (χ0n) is 14.8. The van der Waals surface area contributed by atoms with E-state index in [-0.39, 0.29) is 45.3 Å². The number of hydrogen-bond acceptors (Lipinski definition) is 7. The van der Waals surface area contributed by atoms with Crippen molar-refractivity contribution in [2.24, 2.45) is 0 Å². The molecule has 1 aromatic heterocycles. The molecule has 1 aliphatic rings. The average Bonchev–Trinajstić information content (AvgIpc) is 3.13. The second-order valence-corrected chi connectivity index (χ2v) is 6.22. The summed E-state index contributed by atoms with van der Waals surface area (Å²) in [6.07, 6.45) is 4.42. The third kappa shape index (κ3) is 3.25. The molecule has 9 heteroatoms. The number of phenols is 1. The Morgan fingerprint density at radius 2 is 1.93 bits per heavy atom. The van der Waals surface area contributed by atoms with Crippen molar-refractivity contribution in [1.29, 1.82) is 0 Å². The molecule has 0 fully saturated rings. The monoisotopic (exact) mass is 393 g/mol. The maximum Gasteiger partial charge on any atom is 0.338 e. The summed E-state index contributed by atoms with van der Waals surface area (Å²) in [5, 5.41) is 34.8. The second kappa shape index (κ2) is 7.04. The van der Waals surface area contributed by atoms with Crippen molar-refractivity contribution >= 4 is 28.7 Å². The second-order valence-electron chi connectivity index (χ2n) is 6.22. The van der Waals surface area contributed by atoms with Gasteiger partial charge < -0.3 is 30.4 Å². The van der Waals surface area contributed by atoms with Crippen molar-refractivity contribution in [3.05, 3.63) is 66.1 Å². The molecule has 9 nitrogen and oxygen atoms in total. The number of phenolic OH excluding ortho intramolecular Hbond substituents is 1. The number of aliphatic hydroxyl groups excluding tert-OH is 1. The van der Waals surface area contributed by atoms with Gasteiger partial charge in [-0.1, -0.05) is 12.1 Å². The number of aromatic nitrogens is 1. The smallest absolute Gasteiger partial charge is 0.338 e. The maximum atomic E-state index is 12.6. The van der Waals surface area contributed by atoms with Gasteiger partial charge in [-0.3, -0.25) is 4.79 Å². The van der Waals surface area contributed by atoms with Crippen LogP contribution in [-0.2, 0) is 4.79 Å². The van der Waals surface area contributed by atoms with Gasteiger partial charge in [-0.25, -0.2) is 9.78 Å². The first-order valence-corrected chi connectivity index (χ1v) is 8.53. The lowest BCUT2D eigenvalue weighted by molar-refractivity contribution is -0.117. The molecule has 1 unspecified atom stereocenters. The van der Waals surface area contributed by atoms with E-state index in [4.69, 9.17) is 4.42 Å². The highest BCUT2D eigenvalue weighted by molar-refractivity contribution is 6.03. The summed E-state index contributed by atoms with van der Waals surface area (Å²) in [6.45, 7) is 0. The number of aliphatic hydroxyl groups is 1. The summed E-state index contributed by atoms with van der Waals surface area (Å²) in [4.78, 5) is 28.2. The molecular weight excluding hydrogens is 378 g/mol. The normalized spacial score (nSPS) is 15.6. The van der Waals surface area contributed by atoms with E-state index in [1.807, 2.05) is 0 Å². The van der Waals surface area contributed by atoms with E-state index >= 15 is 0 Å². The highest BCUT2D eigenvalue weighted by Crippen LogP contribution is 2.36. The van der Waals surface area contributed by atoms with E-state index < -0.39 is 17.9 Å². The Balaban J connectivity index is 1.75. The lowest BCUT2D eigenvalue weighted by atomic mass is 10.1. The van der Waals surface area contributed by atoms with Crippen LogP contribution in [0, 0.1) is 0 Å². The molecule has 1 aliphatic heterocycles. The van der Waals surface area contributed by atoms with Crippen LogP contribution in [0.3, 0.4) is 0 Å². The number of fused-ring (bicyclic) bond motifs is 1. The first kappa shape index (κ1) is 18.1. The van der Waals surface area contributed by atoms with Crippen molar-refractivity contribution in [3.8, 4) is 17.2 Å². The van der Waals surface area contributed by atoms with E-state index in [9.17, 15) is 24.9 Å². The molecule has 4 rings (SSSR count). The number of nitrogens with one attached hydrogen (secondary N) is 2. The Labute approximate surface area is 163 Å². The summed E-state index contributed by atoms with van der Waals surface area (Å²) in [6, 6.07) is 7.93. The zero-order chi connectivity index (χ0) is 20.5. The molecular formula is C20H15N3O6. The highest BCUT2D eigenvalue weighted by Gasteiger charge is 2.26. The number of para-hydroxylation sites is 2. The molecule has 0 saturated carbocycles. The van der Waals surface area contributed by atoms with Crippen LogP contribution >= 0.6 is 0 Å². The Morgan fingerprint density at radius 3 is 2.69 bits per heavy atom. The molecule has 29 heavy (non-hydrogen) atoms. The molecule has 2 heterocycles. The fourth-order valence-electron chi connectivity index (χ4n) is 2.97. The van der Waals surface area contributed by atoms with Crippen molar-refractivity contribution in [1.82, 2.24) is 10.3 Å². The number of carboxylic acid groups (broad SMARTS) is 1. The fourth-order valence-corrected chi connectivity index (χ4v) is 2.97. The number of amides is 1. The number of carbonyl (C=O) groups is 2. The van der Waals surface area contributed by atoms with E-state index in [0.29, 0.717) is 0 Å². The Hall–Kier alpha value is -4.27. The lowest BCUT2D eigenvalue weighted by Gasteiger charge is -2.19. The Bertz CT molecular complexity index is 1190. The Morgan fingerprint density at radius 1 is 1.14 bits per heavy atom. The lowest BCUT2D eigenvalue weighted by Crippen LogP contribution is -2.40. The molecule has 0 bridgehead atoms. The minimum Gasteiger partial charge on any atom is -0.510 e. The van der Waals surface area contributed by atoms with Gasteiger partial charge in [0.2, 0.25) is 5.89 Å². The van der Waals surface area contributed by atoms with Gasteiger partial charge in [0, 0.05) is 0 Å². The third-order valence-corrected chi connectivity index (χ3v) is 4.35. The number of carboxylic acids is 1. The van der Waals surface area contributed by atoms with Gasteiger partial charge in [-0.05, 0) is 42.6 Å². The topological polar surface area (TPSA) is 145 Å². The van der Waals surface area contributed by atoms with Gasteiger partial charge in [0.15, 0.2) is 11.6 Å². The minimum absolute atomic E-state index is 0.0186. The van der Waals surface area contributed by atoms with Crippen LogP contribution in [0.15, 0.2) is 64.9 Å². The SMILES string of the molecule is O=C(O)c1cccc2oc(-c3cccc(O)c3NC(=O)C3NC=CC=C3O)nc12. The van der Waals surface area contributed by atoms with Crippen LogP contribution in [0.4, 0.5) is 5.69 Å². The number of oxazole rings is 1. The molecule has 2 aromatic carbocycles. The molecule has 5 N–H and O–H groups in total. The number of anilines is 1. The molecule has 0 spiro atoms. The number of nitrogens with zero attached hydrogens (tertiary/aromatic N) is 1. The van der Waals surface area contributed by atoms with Crippen molar-refractivity contribution in [3.63, 3.8) is 0 Å². The van der Waals surface area contributed by atoms with E-state index in [2.05, 4.69) is 15.6 Å². The first-order chi connectivity index (χ1) is 14.0. The summed E-state index contributed by atoms with van der Waals surface area (Å²) >= 11 is 0. The standard InChI is InChI=1S/C20H15N3O6/c24-12-6-1-4-10(15(12)22-18(26)17-13(25)7-3-9-21-17)19-23-16-11(20(27)28)5-2-8-14(16)29-19/h1-9,17,21,24-25H,(H,22,26)(H,27,28). The minimum atomic E-state index is -1.15. The van der Waals surface area contributed by atoms with Gasteiger partial charge in [-0.2, -0.15) is 0 Å². The van der Waals surface area contributed by atoms with Crippen molar-refractivity contribution in [2.75, 3.05) is 5.32 Å². The van der Waals surface area contributed by atoms with Gasteiger partial charge in [0.25, 0.3) is 5.91 Å². The van der Waals surface area contributed by atoms with Crippen LogP contribution in [0.5, 0.6) is 5.75 Å². The molecule has 1 amide bonds. The van der Waals surface area contributed by atoms with Crippen LogP contribution < -0.4 is 10.6 Å². The number of allylic oxidation sites excluding steroid dienone is 2. The van der Waals surface area contributed by atoms with E-state index in [1.54, 1.807) is 18.2 Å². The molecule has 0 aliphatic carbocycles. The van der Waals surface area contributed by atoms with Crippen LogP contribution in [0.1, 0.15) is 10.4 Å². The number of aromatic hydroxyl groups is 1. The zero-order valence-corrected chi connectivity index (χ0v) is 14.8. The molecule has 0 saturated heterocycles. The third-order valence-electron chi connectivity index (χ3n) is 4.35. The number of aromatic carboxylic acids is 1. The van der Waals surface area contributed by atoms with Crippen LogP contribution in [0.25, 0.3) is 22.6 Å². The summed E-state index contributed by atoms with van der Waals surface area (Å²) < 4.78 is 5.66. The largest absolute Gasteiger partial charge is 0.510 e. The van der Waals surface area contributed by atoms with Gasteiger partial charge in [0.05, 0.1) is 16.8 Å². The molecule has 3 aromatic rings. The predicted octanol–water partition coefficient (Wildman–Crippen LogP) is 2.76. The molecule has 0 radical (unpaired) electrons. The predicted molar refractivity (Wildman–Crippen MR) is 103 cm³/mol. The number of dihydropyridines is 1. The van der Waals surface area contributed by atoms with Crippen LogP contribution in [0.2, 0.25) is 0 Å². The summed E-state index contributed by atoms with van der Waals surface area (Å²) in [7, 11) is 0. The number of rotatable bonds is 4. The maximum absolute atomic E-state index is 12.6. The van der Waals surface area contributed by atoms with Gasteiger partial charge in [-0.15, -0.1) is 0 Å². The van der Waals surface area contributed by atoms with Crippen LogP contribution in [-0.4, -0.2) is 38.2 Å². The molecule has 146 valence electrons. The fraction of sp³-hybridized carbons (Fsp3) is 0.0500. The number of hydrogen-bond donors (Lipinski definition) is 5. The van der Waals surface area contributed by atoms with E-state index in [1.165, 1.54) is 36.5 Å². The Kier molecular flexibility index (Phi) is 4.40. The number of benzene rings is 2. The van der Waals surface area contributed by atoms with E-state index in [0.717, 1.165) is 0 Å². The quantitative estimate of drug-likeness (QED) is 0.426. The summed E-state index contributed by atoms with van der Waals surface area (Å²) in [5.74, 6) is -2.18. The van der Waals surface area contributed by atoms with Crippen molar-refractivity contribution < 1.29 is 29.3 Å². The van der Waals surface area contributed by atoms with Gasteiger partial charge in [0.1, 0.15) is 17.0 Å². The highest BCUT2D eigenvalue weighted by atomic mass is 16.4. The molecule has 1 atom stereocenters. The van der Waals surface area contributed by atoms with Crippen molar-refractivity contribution in [2.45, 2.75) is 6.04 Å². The van der Waals surface area contributed by atoms with Gasteiger partial charge >= 0.3 is 5.97 Å². The first-order valence-electron chi connectivity index (χ1n) is 8.53. The summed E-state index contributed by atoms with van der Waals surface area (Å²) in [5.41, 5.74) is 0.637.